The van der Waals surface area contributed by atoms with E-state index in [9.17, 15) is 14.7 Å². The molecule has 0 aromatic heterocycles. The Kier molecular flexibility index (Phi) is 11.0. The van der Waals surface area contributed by atoms with Crippen molar-refractivity contribution < 1.29 is 24.2 Å². The highest BCUT2D eigenvalue weighted by atomic mass is 16.5. The van der Waals surface area contributed by atoms with Crippen LogP contribution in [0.4, 0.5) is 0 Å². The summed E-state index contributed by atoms with van der Waals surface area (Å²) in [4.78, 5) is 30.6. The number of hydrogen-bond acceptors (Lipinski definition) is 6. The van der Waals surface area contributed by atoms with Gasteiger partial charge in [0.05, 0.1) is 24.8 Å². The normalized spacial score (nSPS) is 16.9. The third kappa shape index (κ3) is 7.41. The molecule has 0 bridgehead atoms. The number of ether oxygens (including phenoxy) is 2. The highest BCUT2D eigenvalue weighted by Gasteiger charge is 2.46. The number of Topliss-reactive ketones (excluding diaryl/α,β-unsaturated/α-hetero) is 1. The first-order valence-corrected chi connectivity index (χ1v) is 14.2. The van der Waals surface area contributed by atoms with Crippen LogP contribution in [0.25, 0.3) is 5.76 Å². The van der Waals surface area contributed by atoms with Crippen molar-refractivity contribution in [1.82, 2.24) is 9.80 Å². The first-order valence-electron chi connectivity index (χ1n) is 14.2. The number of aliphatic hydroxyl groups excluding tert-OH is 1. The fraction of sp³-hybridized carbons (Fsp3) is 0.500. The Morgan fingerprint density at radius 3 is 2.31 bits per heavy atom. The number of ketones is 1. The van der Waals surface area contributed by atoms with Gasteiger partial charge in [0.25, 0.3) is 11.7 Å². The maximum atomic E-state index is 13.4. The minimum atomic E-state index is -0.730. The van der Waals surface area contributed by atoms with Crippen LogP contribution in [0.2, 0.25) is 0 Å². The summed E-state index contributed by atoms with van der Waals surface area (Å²) >= 11 is 0. The van der Waals surface area contributed by atoms with Crippen molar-refractivity contribution in [1.29, 1.82) is 0 Å². The van der Waals surface area contributed by atoms with Crippen molar-refractivity contribution >= 4 is 17.4 Å². The number of nitrogens with zero attached hydrogens (tertiary/aromatic N) is 2. The molecule has 0 saturated carbocycles. The van der Waals surface area contributed by atoms with Gasteiger partial charge < -0.3 is 24.4 Å². The highest BCUT2D eigenvalue weighted by Crippen LogP contribution is 2.42. The molecule has 1 amide bonds. The number of carbonyl (C=O) groups excluding carboxylic acids is 2. The van der Waals surface area contributed by atoms with Crippen molar-refractivity contribution in [3.8, 4) is 11.5 Å². The standard InChI is InChI=1S/C32H44N2O5/c1-7-33(8-2)18-10-19-34-29(25-15-16-26(27(21-25)38-9-3)39-20-17-22(4)5)28(31(36)32(34)37)30(35)24-13-11-23(6)12-14-24/h11-16,21-22,29,35H,7-10,17-20H2,1-6H3. The zero-order valence-corrected chi connectivity index (χ0v) is 24.3. The fourth-order valence-corrected chi connectivity index (χ4v) is 4.82. The van der Waals surface area contributed by atoms with E-state index in [2.05, 4.69) is 32.6 Å². The topological polar surface area (TPSA) is 79.3 Å². The third-order valence-corrected chi connectivity index (χ3v) is 7.17. The zero-order chi connectivity index (χ0) is 28.5. The van der Waals surface area contributed by atoms with E-state index < -0.39 is 17.7 Å². The van der Waals surface area contributed by atoms with Crippen LogP contribution in [0.15, 0.2) is 48.0 Å². The van der Waals surface area contributed by atoms with Gasteiger partial charge in [-0.2, -0.15) is 0 Å². The van der Waals surface area contributed by atoms with Gasteiger partial charge in [-0.1, -0.05) is 63.6 Å². The van der Waals surface area contributed by atoms with Gasteiger partial charge in [0.15, 0.2) is 11.5 Å². The van der Waals surface area contributed by atoms with Crippen LogP contribution in [-0.4, -0.2) is 66.0 Å². The molecule has 1 unspecified atom stereocenters. The van der Waals surface area contributed by atoms with Crippen molar-refractivity contribution in [3.05, 3.63) is 64.7 Å². The molecule has 1 saturated heterocycles. The van der Waals surface area contributed by atoms with Crippen LogP contribution >= 0.6 is 0 Å². The second-order valence-electron chi connectivity index (χ2n) is 10.4. The molecule has 0 radical (unpaired) electrons. The lowest BCUT2D eigenvalue weighted by atomic mass is 9.94. The van der Waals surface area contributed by atoms with Crippen LogP contribution in [0.3, 0.4) is 0 Å². The molecule has 212 valence electrons. The Bertz CT molecular complexity index is 1150. The first kappa shape index (κ1) is 30.2. The molecule has 1 aliphatic heterocycles. The van der Waals surface area contributed by atoms with Gasteiger partial charge in [-0.05, 0) is 69.9 Å². The highest BCUT2D eigenvalue weighted by molar-refractivity contribution is 6.46. The second-order valence-corrected chi connectivity index (χ2v) is 10.4. The SMILES string of the molecule is CCOc1cc(C2C(=C(O)c3ccc(C)cc3)C(=O)C(=O)N2CCCN(CC)CC)ccc1OCCC(C)C. The Morgan fingerprint density at radius 1 is 1.00 bits per heavy atom. The largest absolute Gasteiger partial charge is 0.507 e. The number of aliphatic hydroxyl groups is 1. The lowest BCUT2D eigenvalue weighted by molar-refractivity contribution is -0.140. The van der Waals surface area contributed by atoms with Crippen LogP contribution in [0.5, 0.6) is 11.5 Å². The minimum absolute atomic E-state index is 0.0996. The van der Waals surface area contributed by atoms with Crippen molar-refractivity contribution in [2.75, 3.05) is 39.4 Å². The molecule has 2 aromatic rings. The van der Waals surface area contributed by atoms with Crippen LogP contribution in [0.1, 0.15) is 70.2 Å². The lowest BCUT2D eigenvalue weighted by Gasteiger charge is -2.27. The van der Waals surface area contributed by atoms with E-state index in [-0.39, 0.29) is 11.3 Å². The molecular formula is C32H44N2O5. The van der Waals surface area contributed by atoms with E-state index in [0.29, 0.717) is 54.7 Å². The molecule has 2 aromatic carbocycles. The number of aryl methyl sites for hydroxylation is 1. The van der Waals surface area contributed by atoms with Crippen molar-refractivity contribution in [3.63, 3.8) is 0 Å². The second kappa shape index (κ2) is 14.2. The maximum absolute atomic E-state index is 13.4. The van der Waals surface area contributed by atoms with Gasteiger partial charge in [-0.15, -0.1) is 0 Å². The molecule has 7 heteroatoms. The summed E-state index contributed by atoms with van der Waals surface area (Å²) in [5.74, 6) is 0.262. The van der Waals surface area contributed by atoms with Gasteiger partial charge in [0.1, 0.15) is 5.76 Å². The van der Waals surface area contributed by atoms with Gasteiger partial charge in [-0.3, -0.25) is 9.59 Å². The molecule has 0 spiro atoms. The summed E-state index contributed by atoms with van der Waals surface area (Å²) in [6.07, 6.45) is 1.63. The zero-order valence-electron chi connectivity index (χ0n) is 24.3. The van der Waals surface area contributed by atoms with Crippen LogP contribution in [0, 0.1) is 12.8 Å². The van der Waals surface area contributed by atoms with Crippen LogP contribution in [-0.2, 0) is 9.59 Å². The predicted octanol–water partition coefficient (Wildman–Crippen LogP) is 5.97. The number of amides is 1. The Labute approximate surface area is 233 Å². The van der Waals surface area contributed by atoms with Crippen molar-refractivity contribution in [2.45, 2.75) is 60.4 Å². The van der Waals surface area contributed by atoms with E-state index >= 15 is 0 Å². The summed E-state index contributed by atoms with van der Waals surface area (Å²) in [6.45, 7) is 16.4. The number of likely N-dealkylation sites (tertiary alicyclic amines) is 1. The smallest absolute Gasteiger partial charge is 0.295 e. The molecule has 1 aliphatic rings. The van der Waals surface area contributed by atoms with Crippen LogP contribution < -0.4 is 9.47 Å². The molecule has 3 rings (SSSR count). The molecule has 1 heterocycles. The third-order valence-electron chi connectivity index (χ3n) is 7.17. The van der Waals surface area contributed by atoms with Gasteiger partial charge in [0.2, 0.25) is 0 Å². The molecule has 1 atom stereocenters. The molecule has 7 nitrogen and oxygen atoms in total. The van der Waals surface area contributed by atoms with E-state index in [1.54, 1.807) is 17.0 Å². The maximum Gasteiger partial charge on any atom is 0.295 e. The monoisotopic (exact) mass is 536 g/mol. The summed E-state index contributed by atoms with van der Waals surface area (Å²) in [7, 11) is 0. The summed E-state index contributed by atoms with van der Waals surface area (Å²) in [6, 6.07) is 12.1. The summed E-state index contributed by atoms with van der Waals surface area (Å²) < 4.78 is 11.9. The first-order chi connectivity index (χ1) is 18.7. The Hall–Kier alpha value is -3.32. The minimum Gasteiger partial charge on any atom is -0.507 e. The average Bonchev–Trinajstić information content (AvgIpc) is 3.17. The molecular weight excluding hydrogens is 492 g/mol. The predicted molar refractivity (Wildman–Crippen MR) is 155 cm³/mol. The molecule has 0 aliphatic carbocycles. The van der Waals surface area contributed by atoms with Gasteiger partial charge in [-0.25, -0.2) is 0 Å². The van der Waals surface area contributed by atoms with Crippen molar-refractivity contribution in [2.24, 2.45) is 5.92 Å². The van der Waals surface area contributed by atoms with E-state index in [1.165, 1.54) is 0 Å². The number of rotatable bonds is 14. The molecule has 1 N–H and O–H groups in total. The number of hydrogen-bond donors (Lipinski definition) is 1. The van der Waals surface area contributed by atoms with E-state index in [0.717, 1.165) is 31.6 Å². The average molecular weight is 537 g/mol. The molecule has 39 heavy (non-hydrogen) atoms. The number of carbonyl (C=O) groups is 2. The fourth-order valence-electron chi connectivity index (χ4n) is 4.82. The Morgan fingerprint density at radius 2 is 1.69 bits per heavy atom. The van der Waals surface area contributed by atoms with E-state index in [4.69, 9.17) is 9.47 Å². The molecule has 1 fully saturated rings. The summed E-state index contributed by atoms with van der Waals surface area (Å²) in [5.41, 5.74) is 2.34. The Balaban J connectivity index is 2.05. The number of benzene rings is 2. The lowest BCUT2D eigenvalue weighted by Crippen LogP contribution is -2.33. The van der Waals surface area contributed by atoms with Gasteiger partial charge in [0, 0.05) is 12.1 Å². The van der Waals surface area contributed by atoms with Gasteiger partial charge >= 0.3 is 0 Å². The quantitative estimate of drug-likeness (QED) is 0.182. The summed E-state index contributed by atoms with van der Waals surface area (Å²) in [5, 5.41) is 11.3. The van der Waals surface area contributed by atoms with E-state index in [1.807, 2.05) is 44.2 Å².